The lowest BCUT2D eigenvalue weighted by atomic mass is 9.94. The molecule has 1 aromatic rings. The summed E-state index contributed by atoms with van der Waals surface area (Å²) in [5.74, 6) is 2.16. The molecule has 0 aromatic carbocycles. The molecule has 130 valence electrons. The molecule has 0 N–H and O–H groups in total. The number of aromatic nitrogens is 2. The van der Waals surface area contributed by atoms with Crippen molar-refractivity contribution in [2.24, 2.45) is 11.8 Å². The lowest BCUT2D eigenvalue weighted by Gasteiger charge is -2.42. The van der Waals surface area contributed by atoms with E-state index in [1.165, 1.54) is 12.8 Å². The molecule has 5 nitrogen and oxygen atoms in total. The van der Waals surface area contributed by atoms with E-state index in [0.29, 0.717) is 29.1 Å². The maximum Gasteiger partial charge on any atom is 0.226 e. The molecule has 3 aliphatic rings. The summed E-state index contributed by atoms with van der Waals surface area (Å²) in [5.41, 5.74) is 0.951. The number of anilines is 1. The topological polar surface area (TPSA) is 49.3 Å². The van der Waals surface area contributed by atoms with Crippen LogP contribution in [0.15, 0.2) is 6.33 Å². The van der Waals surface area contributed by atoms with Gasteiger partial charge in [0, 0.05) is 36.7 Å². The molecule has 24 heavy (non-hydrogen) atoms. The minimum Gasteiger partial charge on any atom is -0.348 e. The molecule has 6 heteroatoms. The van der Waals surface area contributed by atoms with Gasteiger partial charge in [-0.25, -0.2) is 9.97 Å². The fraction of sp³-hybridized carbons (Fsp3) is 0.722. The van der Waals surface area contributed by atoms with Crippen LogP contribution in [-0.2, 0) is 4.79 Å². The van der Waals surface area contributed by atoms with E-state index in [0.717, 1.165) is 43.7 Å². The summed E-state index contributed by atoms with van der Waals surface area (Å²) in [7, 11) is 0. The molecular weight excluding hydrogens is 324 g/mol. The Balaban J connectivity index is 1.61. The molecule has 0 spiro atoms. The van der Waals surface area contributed by atoms with E-state index in [1.54, 1.807) is 6.33 Å². The van der Waals surface area contributed by atoms with Gasteiger partial charge < -0.3 is 9.80 Å². The molecule has 0 radical (unpaired) electrons. The molecule has 1 aromatic heterocycles. The van der Waals surface area contributed by atoms with Gasteiger partial charge in [0.05, 0.1) is 0 Å². The second kappa shape index (κ2) is 6.17. The minimum absolute atomic E-state index is 0.270. The van der Waals surface area contributed by atoms with Crippen molar-refractivity contribution < 1.29 is 4.79 Å². The smallest absolute Gasteiger partial charge is 0.226 e. The Hall–Kier alpha value is -1.36. The number of carbonyl (C=O) groups is 1. The van der Waals surface area contributed by atoms with Crippen molar-refractivity contribution in [2.75, 3.05) is 18.0 Å². The number of piperidine rings is 1. The molecular formula is C18H25ClN4O. The molecule has 3 heterocycles. The average molecular weight is 349 g/mol. The van der Waals surface area contributed by atoms with Gasteiger partial charge in [-0.2, -0.15) is 0 Å². The largest absolute Gasteiger partial charge is 0.348 e. The van der Waals surface area contributed by atoms with Crippen molar-refractivity contribution >= 4 is 23.3 Å². The van der Waals surface area contributed by atoms with Crippen molar-refractivity contribution in [3.63, 3.8) is 0 Å². The summed E-state index contributed by atoms with van der Waals surface area (Å²) >= 11 is 6.23. The number of halogens is 1. The normalized spacial score (nSPS) is 32.5. The van der Waals surface area contributed by atoms with Crippen molar-refractivity contribution in [2.45, 2.75) is 58.0 Å². The highest BCUT2D eigenvalue weighted by Crippen LogP contribution is 2.41. The van der Waals surface area contributed by atoms with Crippen LogP contribution in [0.3, 0.4) is 0 Å². The van der Waals surface area contributed by atoms with Crippen LogP contribution < -0.4 is 4.90 Å². The molecule has 3 fully saturated rings. The minimum atomic E-state index is 0.270. The van der Waals surface area contributed by atoms with Crippen molar-refractivity contribution in [1.29, 1.82) is 0 Å². The molecule has 1 aliphatic carbocycles. The Labute approximate surface area is 148 Å². The predicted molar refractivity (Wildman–Crippen MR) is 94.2 cm³/mol. The number of carbonyl (C=O) groups excluding carboxylic acids is 1. The lowest BCUT2D eigenvalue weighted by Crippen LogP contribution is -2.49. The molecule has 2 aliphatic heterocycles. The molecule has 1 saturated carbocycles. The van der Waals surface area contributed by atoms with Gasteiger partial charge in [0.25, 0.3) is 0 Å². The second-order valence-electron chi connectivity index (χ2n) is 7.65. The number of rotatable bonds is 2. The van der Waals surface area contributed by atoms with Crippen LogP contribution in [0.5, 0.6) is 0 Å². The zero-order valence-electron chi connectivity index (χ0n) is 14.4. The number of amides is 1. The van der Waals surface area contributed by atoms with Crippen molar-refractivity contribution in [3.05, 3.63) is 17.0 Å². The van der Waals surface area contributed by atoms with Crippen LogP contribution >= 0.6 is 11.6 Å². The Bertz CT molecular complexity index is 652. The third-order valence-electron chi connectivity index (χ3n) is 6.00. The summed E-state index contributed by atoms with van der Waals surface area (Å²) < 4.78 is 0. The van der Waals surface area contributed by atoms with Gasteiger partial charge in [-0.3, -0.25) is 4.79 Å². The second-order valence-corrected chi connectivity index (χ2v) is 8.01. The first-order valence-electron chi connectivity index (χ1n) is 9.10. The quantitative estimate of drug-likeness (QED) is 0.771. The zero-order valence-corrected chi connectivity index (χ0v) is 15.2. The first-order valence-corrected chi connectivity index (χ1v) is 9.48. The Morgan fingerprint density at radius 3 is 2.75 bits per heavy atom. The molecule has 2 saturated heterocycles. The van der Waals surface area contributed by atoms with Crippen LogP contribution in [0.25, 0.3) is 0 Å². The predicted octanol–water partition coefficient (Wildman–Crippen LogP) is 3.05. The highest BCUT2D eigenvalue weighted by molar-refractivity contribution is 6.30. The lowest BCUT2D eigenvalue weighted by molar-refractivity contribution is -0.132. The summed E-state index contributed by atoms with van der Waals surface area (Å²) in [4.78, 5) is 25.9. The summed E-state index contributed by atoms with van der Waals surface area (Å²) in [5, 5.41) is 0.530. The van der Waals surface area contributed by atoms with Gasteiger partial charge in [0.15, 0.2) is 0 Å². The highest BCUT2D eigenvalue weighted by atomic mass is 35.5. The number of nitrogens with zero attached hydrogens (tertiary/aromatic N) is 4. The van der Waals surface area contributed by atoms with Gasteiger partial charge in [-0.1, -0.05) is 18.5 Å². The van der Waals surface area contributed by atoms with Gasteiger partial charge in [0.2, 0.25) is 5.91 Å². The number of hydrogen-bond acceptors (Lipinski definition) is 4. The van der Waals surface area contributed by atoms with Crippen LogP contribution in [0.4, 0.5) is 5.82 Å². The maximum absolute atomic E-state index is 12.7. The van der Waals surface area contributed by atoms with Crippen molar-refractivity contribution in [1.82, 2.24) is 14.9 Å². The summed E-state index contributed by atoms with van der Waals surface area (Å²) in [6, 6.07) is 0.789. The van der Waals surface area contributed by atoms with E-state index in [2.05, 4.69) is 26.7 Å². The number of hydrogen-bond donors (Lipinski definition) is 0. The fourth-order valence-corrected chi connectivity index (χ4v) is 4.53. The third-order valence-corrected chi connectivity index (χ3v) is 6.38. The van der Waals surface area contributed by atoms with E-state index in [4.69, 9.17) is 11.6 Å². The highest BCUT2D eigenvalue weighted by Gasteiger charge is 2.44. The summed E-state index contributed by atoms with van der Waals surface area (Å²) in [6.45, 7) is 5.86. The van der Waals surface area contributed by atoms with Gasteiger partial charge >= 0.3 is 0 Å². The first-order chi connectivity index (χ1) is 11.6. The van der Waals surface area contributed by atoms with Gasteiger partial charge in [-0.15, -0.1) is 0 Å². The Morgan fingerprint density at radius 1 is 1.25 bits per heavy atom. The Morgan fingerprint density at radius 2 is 2.00 bits per heavy atom. The molecule has 4 unspecified atom stereocenters. The van der Waals surface area contributed by atoms with Crippen LogP contribution in [0.2, 0.25) is 5.15 Å². The van der Waals surface area contributed by atoms with E-state index < -0.39 is 0 Å². The SMILES string of the molecule is Cc1c(Cl)ncnc1N1C2CCCC1CN(C(=O)C1CC1C)CC2. The van der Waals surface area contributed by atoms with E-state index in [1.807, 2.05) is 6.92 Å². The standard InChI is InChI=1S/C18H25ClN4O/c1-11-8-15(11)18(24)22-7-6-13-4-3-5-14(9-22)23(13)17-12(2)16(19)20-10-21-17/h10-11,13-15H,3-9H2,1-2H3. The fourth-order valence-electron chi connectivity index (χ4n) is 4.41. The van der Waals surface area contributed by atoms with Gasteiger partial charge in [0.1, 0.15) is 17.3 Å². The van der Waals surface area contributed by atoms with Crippen molar-refractivity contribution in [3.8, 4) is 0 Å². The summed E-state index contributed by atoms with van der Waals surface area (Å²) in [6.07, 6.45) is 7.14. The van der Waals surface area contributed by atoms with E-state index in [9.17, 15) is 4.79 Å². The van der Waals surface area contributed by atoms with Crippen LogP contribution in [0.1, 0.15) is 44.6 Å². The molecule has 4 rings (SSSR count). The van der Waals surface area contributed by atoms with E-state index in [-0.39, 0.29) is 5.92 Å². The Kier molecular flexibility index (Phi) is 4.15. The molecule has 2 bridgehead atoms. The number of fused-ring (bicyclic) bond motifs is 2. The molecule has 4 atom stereocenters. The van der Waals surface area contributed by atoms with Crippen LogP contribution in [0, 0.1) is 18.8 Å². The third kappa shape index (κ3) is 2.77. The zero-order chi connectivity index (χ0) is 16.8. The van der Waals surface area contributed by atoms with Crippen LogP contribution in [-0.4, -0.2) is 45.9 Å². The van der Waals surface area contributed by atoms with E-state index >= 15 is 0 Å². The monoisotopic (exact) mass is 348 g/mol. The van der Waals surface area contributed by atoms with Gasteiger partial charge in [-0.05, 0) is 44.9 Å². The average Bonchev–Trinajstić information content (AvgIpc) is 3.31. The first kappa shape index (κ1) is 16.1. The molecule has 1 amide bonds. The maximum atomic E-state index is 12.7.